The van der Waals surface area contributed by atoms with Crippen LogP contribution in [0.2, 0.25) is 0 Å². The van der Waals surface area contributed by atoms with E-state index in [-0.39, 0.29) is 6.23 Å². The van der Waals surface area contributed by atoms with Crippen molar-refractivity contribution >= 4 is 0 Å². The highest BCUT2D eigenvalue weighted by molar-refractivity contribution is 4.54. The van der Waals surface area contributed by atoms with E-state index in [2.05, 4.69) is 6.92 Å². The predicted molar refractivity (Wildman–Crippen MR) is 54.7 cm³/mol. The average Bonchev–Trinajstić information content (AvgIpc) is 2.10. The van der Waals surface area contributed by atoms with Crippen LogP contribution in [0.4, 0.5) is 0 Å². The molecule has 0 saturated heterocycles. The van der Waals surface area contributed by atoms with Gasteiger partial charge in [0.2, 0.25) is 0 Å². The molecule has 1 unspecified atom stereocenters. The van der Waals surface area contributed by atoms with Crippen molar-refractivity contribution in [3.63, 3.8) is 0 Å². The van der Waals surface area contributed by atoms with Crippen LogP contribution in [0.1, 0.15) is 33.6 Å². The van der Waals surface area contributed by atoms with Crippen LogP contribution in [0.15, 0.2) is 0 Å². The van der Waals surface area contributed by atoms with Crippen molar-refractivity contribution in [2.75, 3.05) is 26.3 Å². The van der Waals surface area contributed by atoms with Gasteiger partial charge in [0.1, 0.15) is 6.23 Å². The number of aliphatic hydroxyl groups is 1. The summed E-state index contributed by atoms with van der Waals surface area (Å²) in [6.45, 7) is 9.23. The van der Waals surface area contributed by atoms with Gasteiger partial charge in [-0.15, -0.1) is 0 Å². The molecule has 0 amide bonds. The van der Waals surface area contributed by atoms with E-state index in [1.54, 1.807) is 6.92 Å². The molecule has 13 heavy (non-hydrogen) atoms. The molecule has 0 aromatic heterocycles. The quantitative estimate of drug-likeness (QED) is 0.463. The highest BCUT2D eigenvalue weighted by Gasteiger charge is 2.06. The van der Waals surface area contributed by atoms with Crippen LogP contribution in [0.3, 0.4) is 0 Å². The summed E-state index contributed by atoms with van der Waals surface area (Å²) in [7, 11) is 0. The molecule has 0 rings (SSSR count). The van der Waals surface area contributed by atoms with Crippen LogP contribution in [0.5, 0.6) is 0 Å². The molecule has 80 valence electrons. The molecule has 0 bridgehead atoms. The molecule has 3 heteroatoms. The number of hydrogen-bond donors (Lipinski definition) is 1. The highest BCUT2D eigenvalue weighted by atomic mass is 16.5. The van der Waals surface area contributed by atoms with Crippen LogP contribution in [-0.4, -0.2) is 42.5 Å². The minimum Gasteiger partial charge on any atom is -0.380 e. The summed E-state index contributed by atoms with van der Waals surface area (Å²) >= 11 is 0. The first kappa shape index (κ1) is 12.9. The SMILES string of the molecule is CCCCOCCN(CC)C(C)O. The third-order valence-electron chi connectivity index (χ3n) is 2.10. The molecule has 0 aromatic carbocycles. The zero-order chi connectivity index (χ0) is 10.1. The Morgan fingerprint density at radius 2 is 2.00 bits per heavy atom. The van der Waals surface area contributed by atoms with Crippen molar-refractivity contribution in [2.45, 2.75) is 39.8 Å². The van der Waals surface area contributed by atoms with Gasteiger partial charge in [-0.25, -0.2) is 0 Å². The smallest absolute Gasteiger partial charge is 0.104 e. The Hall–Kier alpha value is -0.120. The fourth-order valence-corrected chi connectivity index (χ4v) is 1.14. The summed E-state index contributed by atoms with van der Waals surface area (Å²) in [5.74, 6) is 0. The van der Waals surface area contributed by atoms with E-state index in [9.17, 15) is 5.11 Å². The Morgan fingerprint density at radius 1 is 1.31 bits per heavy atom. The van der Waals surface area contributed by atoms with Crippen molar-refractivity contribution in [3.8, 4) is 0 Å². The normalized spacial score (nSPS) is 13.6. The first-order valence-corrected chi connectivity index (χ1v) is 5.22. The number of rotatable bonds is 8. The molecule has 0 aliphatic carbocycles. The zero-order valence-corrected chi connectivity index (χ0v) is 9.12. The molecular weight excluding hydrogens is 166 g/mol. The van der Waals surface area contributed by atoms with Crippen molar-refractivity contribution in [3.05, 3.63) is 0 Å². The van der Waals surface area contributed by atoms with E-state index < -0.39 is 0 Å². The monoisotopic (exact) mass is 189 g/mol. The Morgan fingerprint density at radius 3 is 2.46 bits per heavy atom. The third kappa shape index (κ3) is 6.99. The lowest BCUT2D eigenvalue weighted by Crippen LogP contribution is -2.35. The van der Waals surface area contributed by atoms with E-state index in [0.29, 0.717) is 0 Å². The third-order valence-corrected chi connectivity index (χ3v) is 2.10. The van der Waals surface area contributed by atoms with Gasteiger partial charge in [-0.1, -0.05) is 20.3 Å². The number of likely N-dealkylation sites (N-methyl/N-ethyl adjacent to an activating group) is 1. The number of nitrogens with zero attached hydrogens (tertiary/aromatic N) is 1. The molecular formula is C10H23NO2. The fraction of sp³-hybridized carbons (Fsp3) is 1.00. The van der Waals surface area contributed by atoms with Crippen molar-refractivity contribution in [1.29, 1.82) is 0 Å². The molecule has 1 atom stereocenters. The van der Waals surface area contributed by atoms with Crippen LogP contribution in [0, 0.1) is 0 Å². The molecule has 0 aliphatic rings. The Bertz CT molecular complexity index is 107. The van der Waals surface area contributed by atoms with Gasteiger partial charge in [0.05, 0.1) is 6.61 Å². The van der Waals surface area contributed by atoms with Gasteiger partial charge in [-0.3, -0.25) is 4.90 Å². The second-order valence-electron chi connectivity index (χ2n) is 3.23. The van der Waals surface area contributed by atoms with Gasteiger partial charge in [0.15, 0.2) is 0 Å². The predicted octanol–water partition coefficient (Wildman–Crippen LogP) is 1.46. The Balaban J connectivity index is 3.28. The van der Waals surface area contributed by atoms with Gasteiger partial charge in [0, 0.05) is 13.2 Å². The average molecular weight is 189 g/mol. The molecule has 0 heterocycles. The lowest BCUT2D eigenvalue weighted by atomic mass is 10.4. The summed E-state index contributed by atoms with van der Waals surface area (Å²) in [6.07, 6.45) is 1.94. The molecule has 1 N–H and O–H groups in total. The minimum absolute atomic E-state index is 0.361. The summed E-state index contributed by atoms with van der Waals surface area (Å²) in [4.78, 5) is 1.98. The van der Waals surface area contributed by atoms with Crippen molar-refractivity contribution < 1.29 is 9.84 Å². The second kappa shape index (κ2) is 8.48. The topological polar surface area (TPSA) is 32.7 Å². The largest absolute Gasteiger partial charge is 0.380 e. The van der Waals surface area contributed by atoms with E-state index >= 15 is 0 Å². The highest BCUT2D eigenvalue weighted by Crippen LogP contribution is 1.95. The Labute approximate surface area is 81.7 Å². The number of hydrogen-bond acceptors (Lipinski definition) is 3. The summed E-state index contributed by atoms with van der Waals surface area (Å²) in [5, 5.41) is 9.29. The molecule has 0 aliphatic heterocycles. The number of ether oxygens (including phenoxy) is 1. The van der Waals surface area contributed by atoms with Crippen molar-refractivity contribution in [1.82, 2.24) is 4.90 Å². The molecule has 3 nitrogen and oxygen atoms in total. The maximum atomic E-state index is 9.29. The molecule has 0 radical (unpaired) electrons. The van der Waals surface area contributed by atoms with Crippen molar-refractivity contribution in [2.24, 2.45) is 0 Å². The maximum absolute atomic E-state index is 9.29. The van der Waals surface area contributed by atoms with Gasteiger partial charge in [-0.2, -0.15) is 0 Å². The lowest BCUT2D eigenvalue weighted by molar-refractivity contribution is 0.000431. The first-order valence-electron chi connectivity index (χ1n) is 5.22. The first-order chi connectivity index (χ1) is 6.22. The maximum Gasteiger partial charge on any atom is 0.104 e. The molecule has 0 fully saturated rings. The fourth-order valence-electron chi connectivity index (χ4n) is 1.14. The van der Waals surface area contributed by atoms with Crippen LogP contribution in [0.25, 0.3) is 0 Å². The number of unbranched alkanes of at least 4 members (excludes halogenated alkanes) is 1. The van der Waals surface area contributed by atoms with Crippen LogP contribution < -0.4 is 0 Å². The van der Waals surface area contributed by atoms with E-state index in [1.807, 2.05) is 11.8 Å². The standard InChI is InChI=1S/C10H23NO2/c1-4-6-8-13-9-7-11(5-2)10(3)12/h10,12H,4-9H2,1-3H3. The van der Waals surface area contributed by atoms with E-state index in [4.69, 9.17) is 4.74 Å². The minimum atomic E-state index is -0.361. The Kier molecular flexibility index (Phi) is 8.40. The zero-order valence-electron chi connectivity index (χ0n) is 9.12. The summed E-state index contributed by atoms with van der Waals surface area (Å²) in [6, 6.07) is 0. The molecule has 0 spiro atoms. The molecule has 0 aromatic rings. The van der Waals surface area contributed by atoms with Gasteiger partial charge in [-0.05, 0) is 19.9 Å². The van der Waals surface area contributed by atoms with E-state index in [0.717, 1.165) is 32.7 Å². The summed E-state index contributed by atoms with van der Waals surface area (Å²) in [5.41, 5.74) is 0. The second-order valence-corrected chi connectivity index (χ2v) is 3.23. The lowest BCUT2D eigenvalue weighted by Gasteiger charge is -2.23. The number of aliphatic hydroxyl groups excluding tert-OH is 1. The summed E-state index contributed by atoms with van der Waals surface area (Å²) < 4.78 is 5.40. The van der Waals surface area contributed by atoms with Gasteiger partial charge < -0.3 is 9.84 Å². The molecule has 0 saturated carbocycles. The van der Waals surface area contributed by atoms with E-state index in [1.165, 1.54) is 6.42 Å². The van der Waals surface area contributed by atoms with Crippen LogP contribution >= 0.6 is 0 Å². The van der Waals surface area contributed by atoms with Crippen LogP contribution in [-0.2, 0) is 4.74 Å². The van der Waals surface area contributed by atoms with Gasteiger partial charge >= 0.3 is 0 Å². The van der Waals surface area contributed by atoms with Gasteiger partial charge in [0.25, 0.3) is 0 Å².